The van der Waals surface area contributed by atoms with E-state index in [-0.39, 0.29) is 17.6 Å². The molecule has 5 nitrogen and oxygen atoms in total. The van der Waals surface area contributed by atoms with Gasteiger partial charge in [0.15, 0.2) is 0 Å². The Labute approximate surface area is 115 Å². The van der Waals surface area contributed by atoms with E-state index in [9.17, 15) is 4.79 Å². The van der Waals surface area contributed by atoms with Crippen molar-refractivity contribution in [3.8, 4) is 0 Å². The maximum absolute atomic E-state index is 12.0. The van der Waals surface area contributed by atoms with Crippen molar-refractivity contribution in [2.24, 2.45) is 11.1 Å². The first-order valence-corrected chi connectivity index (χ1v) is 7.14. The summed E-state index contributed by atoms with van der Waals surface area (Å²) in [6, 6.07) is 0.0991. The second-order valence-electron chi connectivity index (χ2n) is 6.76. The van der Waals surface area contributed by atoms with Crippen LogP contribution in [0, 0.1) is 5.41 Å². The molecule has 0 bridgehead atoms. The number of amides is 1. The molecule has 1 amide bonds. The van der Waals surface area contributed by atoms with Crippen LogP contribution in [0.15, 0.2) is 0 Å². The Morgan fingerprint density at radius 3 is 2.47 bits per heavy atom. The molecule has 2 N–H and O–H groups in total. The highest BCUT2D eigenvalue weighted by Crippen LogP contribution is 2.40. The molecular weight excluding hydrogens is 244 g/mol. The summed E-state index contributed by atoms with van der Waals surface area (Å²) in [7, 11) is 0. The molecule has 2 aliphatic rings. The van der Waals surface area contributed by atoms with Gasteiger partial charge in [0, 0.05) is 25.7 Å². The molecule has 0 radical (unpaired) electrons. The number of rotatable bonds is 0. The fraction of sp³-hybridized carbons (Fsp3) is 0.929. The third-order valence-electron chi connectivity index (χ3n) is 4.24. The summed E-state index contributed by atoms with van der Waals surface area (Å²) in [6.45, 7) is 8.60. The van der Waals surface area contributed by atoms with E-state index in [0.29, 0.717) is 6.61 Å². The molecular formula is C14H26N2O3. The number of hydrogen-bond donors (Lipinski definition) is 1. The van der Waals surface area contributed by atoms with Gasteiger partial charge in [-0.1, -0.05) is 0 Å². The molecule has 2 rings (SSSR count). The van der Waals surface area contributed by atoms with Crippen molar-refractivity contribution < 1.29 is 14.3 Å². The van der Waals surface area contributed by atoms with Crippen molar-refractivity contribution in [3.63, 3.8) is 0 Å². The Morgan fingerprint density at radius 2 is 1.95 bits per heavy atom. The largest absolute Gasteiger partial charge is 0.444 e. The zero-order valence-electron chi connectivity index (χ0n) is 12.3. The highest BCUT2D eigenvalue weighted by atomic mass is 16.6. The maximum Gasteiger partial charge on any atom is 0.410 e. The van der Waals surface area contributed by atoms with Gasteiger partial charge in [-0.25, -0.2) is 4.79 Å². The molecule has 0 aromatic carbocycles. The number of ether oxygens (including phenoxy) is 2. The van der Waals surface area contributed by atoms with E-state index in [2.05, 4.69) is 0 Å². The van der Waals surface area contributed by atoms with Gasteiger partial charge in [-0.05, 0) is 45.4 Å². The minimum absolute atomic E-state index is 0.0991. The molecule has 0 aromatic rings. The predicted octanol–water partition coefficient (Wildman–Crippen LogP) is 1.75. The molecule has 19 heavy (non-hydrogen) atoms. The van der Waals surface area contributed by atoms with Crippen molar-refractivity contribution in [1.29, 1.82) is 0 Å². The Kier molecular flexibility index (Phi) is 4.06. The van der Waals surface area contributed by atoms with Crippen molar-refractivity contribution in [1.82, 2.24) is 4.90 Å². The Balaban J connectivity index is 1.90. The normalized spacial score (nSPS) is 27.4. The van der Waals surface area contributed by atoms with Gasteiger partial charge < -0.3 is 20.1 Å². The summed E-state index contributed by atoms with van der Waals surface area (Å²) in [6.07, 6.45) is 2.71. The Bertz CT molecular complexity index is 330. The van der Waals surface area contributed by atoms with Crippen LogP contribution in [0.2, 0.25) is 0 Å². The summed E-state index contributed by atoms with van der Waals surface area (Å²) in [4.78, 5) is 13.8. The van der Waals surface area contributed by atoms with E-state index in [0.717, 1.165) is 39.0 Å². The highest BCUT2D eigenvalue weighted by Gasteiger charge is 2.43. The molecule has 2 fully saturated rings. The quantitative estimate of drug-likeness (QED) is 0.728. The number of piperidine rings is 1. The fourth-order valence-corrected chi connectivity index (χ4v) is 2.93. The van der Waals surface area contributed by atoms with Crippen molar-refractivity contribution in [2.75, 3.05) is 26.3 Å². The summed E-state index contributed by atoms with van der Waals surface area (Å²) in [5, 5.41) is 0. The van der Waals surface area contributed by atoms with E-state index in [1.54, 1.807) is 4.90 Å². The van der Waals surface area contributed by atoms with Crippen LogP contribution < -0.4 is 5.73 Å². The minimum Gasteiger partial charge on any atom is -0.444 e. The van der Waals surface area contributed by atoms with Crippen LogP contribution in [0.4, 0.5) is 4.79 Å². The second kappa shape index (κ2) is 5.29. The van der Waals surface area contributed by atoms with E-state index in [1.807, 2.05) is 20.8 Å². The van der Waals surface area contributed by atoms with Crippen LogP contribution in [0.3, 0.4) is 0 Å². The van der Waals surface area contributed by atoms with Gasteiger partial charge >= 0.3 is 6.09 Å². The van der Waals surface area contributed by atoms with Gasteiger partial charge in [-0.15, -0.1) is 0 Å². The lowest BCUT2D eigenvalue weighted by Crippen LogP contribution is -2.55. The van der Waals surface area contributed by atoms with Gasteiger partial charge in [-0.2, -0.15) is 0 Å². The molecule has 0 aromatic heterocycles. The molecule has 5 heteroatoms. The molecule has 2 aliphatic heterocycles. The fourth-order valence-electron chi connectivity index (χ4n) is 2.93. The zero-order valence-corrected chi connectivity index (χ0v) is 12.3. The topological polar surface area (TPSA) is 64.8 Å². The predicted molar refractivity (Wildman–Crippen MR) is 72.9 cm³/mol. The molecule has 1 spiro atoms. The average molecular weight is 270 g/mol. The summed E-state index contributed by atoms with van der Waals surface area (Å²) in [5.41, 5.74) is 5.94. The molecule has 1 atom stereocenters. The Hall–Kier alpha value is -0.810. The Morgan fingerprint density at radius 1 is 1.32 bits per heavy atom. The summed E-state index contributed by atoms with van der Waals surface area (Å²) >= 11 is 0. The maximum atomic E-state index is 12.0. The molecule has 2 heterocycles. The van der Waals surface area contributed by atoms with Gasteiger partial charge in [0.1, 0.15) is 5.60 Å². The molecule has 1 unspecified atom stereocenters. The van der Waals surface area contributed by atoms with Gasteiger partial charge in [-0.3, -0.25) is 0 Å². The monoisotopic (exact) mass is 270 g/mol. The van der Waals surface area contributed by atoms with Crippen LogP contribution >= 0.6 is 0 Å². The molecule has 0 saturated carbocycles. The van der Waals surface area contributed by atoms with Crippen molar-refractivity contribution in [2.45, 2.75) is 51.7 Å². The first-order chi connectivity index (χ1) is 8.82. The molecule has 110 valence electrons. The number of likely N-dealkylation sites (tertiary alicyclic amines) is 1. The van der Waals surface area contributed by atoms with E-state index < -0.39 is 5.60 Å². The number of carbonyl (C=O) groups is 1. The second-order valence-corrected chi connectivity index (χ2v) is 6.76. The zero-order chi connectivity index (χ0) is 14.1. The van der Waals surface area contributed by atoms with Crippen molar-refractivity contribution in [3.05, 3.63) is 0 Å². The smallest absolute Gasteiger partial charge is 0.410 e. The number of nitrogens with two attached hydrogens (primary N) is 1. The number of carbonyl (C=O) groups excluding carboxylic acids is 1. The minimum atomic E-state index is -0.429. The standard InChI is InChI=1S/C14H26N2O3/c1-13(2,3)19-12(17)16-7-4-14(5-8-16)6-9-18-10-11(14)15/h11H,4-10,15H2,1-3H3. The van der Waals surface area contributed by atoms with E-state index >= 15 is 0 Å². The average Bonchev–Trinajstić information content (AvgIpc) is 2.32. The van der Waals surface area contributed by atoms with Gasteiger partial charge in [0.05, 0.1) is 6.61 Å². The molecule has 0 aliphatic carbocycles. The van der Waals surface area contributed by atoms with Crippen LogP contribution in [-0.4, -0.2) is 48.9 Å². The SMILES string of the molecule is CC(C)(C)OC(=O)N1CCC2(CCOCC2N)CC1. The first kappa shape index (κ1) is 14.6. The van der Waals surface area contributed by atoms with Gasteiger partial charge in [0.2, 0.25) is 0 Å². The third-order valence-corrected chi connectivity index (χ3v) is 4.24. The summed E-state index contributed by atoms with van der Waals surface area (Å²) in [5.74, 6) is 0. The highest BCUT2D eigenvalue weighted by molar-refractivity contribution is 5.68. The first-order valence-electron chi connectivity index (χ1n) is 7.14. The van der Waals surface area contributed by atoms with Crippen molar-refractivity contribution >= 4 is 6.09 Å². The number of hydrogen-bond acceptors (Lipinski definition) is 4. The lowest BCUT2D eigenvalue weighted by Gasteiger charge is -2.47. The lowest BCUT2D eigenvalue weighted by atomic mass is 9.70. The molecule has 2 saturated heterocycles. The third kappa shape index (κ3) is 3.39. The number of nitrogens with zero attached hydrogens (tertiary/aromatic N) is 1. The lowest BCUT2D eigenvalue weighted by molar-refractivity contribution is -0.0432. The van der Waals surface area contributed by atoms with E-state index in [4.69, 9.17) is 15.2 Å². The van der Waals surface area contributed by atoms with Crippen LogP contribution in [0.1, 0.15) is 40.0 Å². The van der Waals surface area contributed by atoms with Crippen LogP contribution in [0.25, 0.3) is 0 Å². The van der Waals surface area contributed by atoms with Gasteiger partial charge in [0.25, 0.3) is 0 Å². The summed E-state index contributed by atoms with van der Waals surface area (Å²) < 4.78 is 10.8. The van der Waals surface area contributed by atoms with E-state index in [1.165, 1.54) is 0 Å². The van der Waals surface area contributed by atoms with Crippen LogP contribution in [-0.2, 0) is 9.47 Å². The van der Waals surface area contributed by atoms with Crippen LogP contribution in [0.5, 0.6) is 0 Å².